The summed E-state index contributed by atoms with van der Waals surface area (Å²) in [7, 11) is 5.32. The lowest BCUT2D eigenvalue weighted by molar-refractivity contribution is -0.318. The molecule has 7 fully saturated rings. The number of nitrogens with one attached hydrogen (secondary N) is 2. The van der Waals surface area contributed by atoms with Gasteiger partial charge in [0.15, 0.2) is 17.7 Å². The van der Waals surface area contributed by atoms with Crippen LogP contribution in [0.25, 0.3) is 0 Å². The molecule has 0 aromatic heterocycles. The first-order valence-electron chi connectivity index (χ1n) is 26.1. The van der Waals surface area contributed by atoms with Gasteiger partial charge in [0.1, 0.15) is 30.0 Å². The van der Waals surface area contributed by atoms with E-state index in [2.05, 4.69) is 15.5 Å². The lowest BCUT2D eigenvalue weighted by Gasteiger charge is -2.57. The summed E-state index contributed by atoms with van der Waals surface area (Å²) in [5, 5.41) is 68.2. The van der Waals surface area contributed by atoms with Crippen LogP contribution in [-0.4, -0.2) is 183 Å². The minimum absolute atomic E-state index is 0.0932. The minimum atomic E-state index is -1.86. The SMILES string of the molecule is CC[C@H]1OC(=O)[C@H](C)[C@@H](O[C@H]2C[C@@](C)(OC)[C@@H](O)[C@H](C)O2)[C@H](C)[C@@H](O[C@@H]2O[C@H](C)C[C@H](N(C)C)[C@H]2O)[C@](C)(O)C[C@@H](C)CN(CCCNC(=S)NC23CC4CC(CC(C4)C2)C3)[C@H](C)[C@@H](O)[C@]1(C)O. The highest BCUT2D eigenvalue weighted by Crippen LogP contribution is 2.55. The van der Waals surface area contributed by atoms with Crippen LogP contribution in [-0.2, 0) is 33.2 Å². The molecule has 7 aliphatic rings. The molecule has 0 unspecified atom stereocenters. The van der Waals surface area contributed by atoms with Crippen molar-refractivity contribution in [1.82, 2.24) is 20.4 Å². The first-order valence-corrected chi connectivity index (χ1v) is 26.5. The Balaban J connectivity index is 1.29. The van der Waals surface area contributed by atoms with Crippen LogP contribution in [0.3, 0.4) is 0 Å². The molecule has 4 bridgehead atoms. The van der Waals surface area contributed by atoms with Crippen LogP contribution >= 0.6 is 12.2 Å². The number of aliphatic hydroxyl groups is 5. The van der Waals surface area contributed by atoms with E-state index in [1.54, 1.807) is 34.6 Å². The molecule has 3 aliphatic heterocycles. The predicted octanol–water partition coefficient (Wildman–Crippen LogP) is 4.09. The van der Waals surface area contributed by atoms with Crippen LogP contribution in [0.4, 0.5) is 0 Å². The van der Waals surface area contributed by atoms with Crippen LogP contribution in [0, 0.1) is 35.5 Å². The van der Waals surface area contributed by atoms with Gasteiger partial charge in [-0.1, -0.05) is 20.8 Å². The number of aliphatic hydroxyl groups excluding tert-OH is 3. The molecule has 0 aromatic carbocycles. The average Bonchev–Trinajstić information content (AvgIpc) is 3.25. The third kappa shape index (κ3) is 12.5. The zero-order valence-electron chi connectivity index (χ0n) is 43.7. The third-order valence-electron chi connectivity index (χ3n) is 17.4. The molecule has 0 radical (unpaired) electrons. The summed E-state index contributed by atoms with van der Waals surface area (Å²) in [6.45, 7) is 19.5. The topological polar surface area (TPSA) is 204 Å². The fourth-order valence-corrected chi connectivity index (χ4v) is 14.3. The van der Waals surface area contributed by atoms with E-state index < -0.39 is 96.0 Å². The van der Waals surface area contributed by atoms with Gasteiger partial charge in [-0.15, -0.1) is 0 Å². The Morgan fingerprint density at radius 1 is 0.882 bits per heavy atom. The van der Waals surface area contributed by atoms with Gasteiger partial charge < -0.3 is 69.5 Å². The summed E-state index contributed by atoms with van der Waals surface area (Å²) < 4.78 is 38.3. The Morgan fingerprint density at radius 3 is 2.07 bits per heavy atom. The number of nitrogens with zero attached hydrogens (tertiary/aromatic N) is 2. The van der Waals surface area contributed by atoms with Crippen LogP contribution in [0.2, 0.25) is 0 Å². The molecule has 0 amide bonds. The van der Waals surface area contributed by atoms with Crippen molar-refractivity contribution in [3.63, 3.8) is 0 Å². The number of carbonyl (C=O) groups excluding carboxylic acids is 1. The fourth-order valence-electron chi connectivity index (χ4n) is 13.9. The molecule has 3 saturated heterocycles. The lowest BCUT2D eigenvalue weighted by atomic mass is 9.53. The van der Waals surface area contributed by atoms with Gasteiger partial charge in [0.2, 0.25) is 0 Å². The van der Waals surface area contributed by atoms with Crippen molar-refractivity contribution in [3.05, 3.63) is 0 Å². The molecule has 7 N–H and O–H groups in total. The number of hydrogen-bond acceptors (Lipinski definition) is 15. The average molecular weight is 985 g/mol. The van der Waals surface area contributed by atoms with Crippen molar-refractivity contribution in [2.75, 3.05) is 40.8 Å². The van der Waals surface area contributed by atoms with Crippen molar-refractivity contribution in [1.29, 1.82) is 0 Å². The molecule has 4 aliphatic carbocycles. The molecule has 4 saturated carbocycles. The monoisotopic (exact) mass is 985 g/mol. The van der Waals surface area contributed by atoms with Crippen molar-refractivity contribution in [2.24, 2.45) is 35.5 Å². The van der Waals surface area contributed by atoms with Gasteiger partial charge in [-0.3, -0.25) is 9.69 Å². The van der Waals surface area contributed by atoms with Gasteiger partial charge in [-0.2, -0.15) is 0 Å². The molecular weight excluding hydrogens is 893 g/mol. The molecule has 0 aromatic rings. The lowest BCUT2D eigenvalue weighted by Crippen LogP contribution is -2.61. The number of hydrogen-bond donors (Lipinski definition) is 7. The second kappa shape index (κ2) is 22.4. The van der Waals surface area contributed by atoms with E-state index in [-0.39, 0.29) is 42.9 Å². The van der Waals surface area contributed by atoms with Gasteiger partial charge in [-0.05, 0) is 163 Å². The van der Waals surface area contributed by atoms with E-state index >= 15 is 0 Å². The highest BCUT2D eigenvalue weighted by atomic mass is 32.1. The van der Waals surface area contributed by atoms with Gasteiger partial charge in [0.05, 0.1) is 41.5 Å². The molecule has 394 valence electrons. The number of methoxy groups -OCH3 is 1. The van der Waals surface area contributed by atoms with E-state index in [4.69, 9.17) is 40.6 Å². The predicted molar refractivity (Wildman–Crippen MR) is 262 cm³/mol. The first-order chi connectivity index (χ1) is 31.7. The molecular formula is C51H92N4O12S. The summed E-state index contributed by atoms with van der Waals surface area (Å²) in [4.78, 5) is 18.7. The zero-order chi connectivity index (χ0) is 50.3. The first kappa shape index (κ1) is 56.0. The van der Waals surface area contributed by atoms with Crippen LogP contribution in [0.1, 0.15) is 140 Å². The number of esters is 1. The Hall–Kier alpha value is -1.32. The Labute approximate surface area is 413 Å². The number of thiocarbonyl (C=S) groups is 1. The number of carbonyl (C=O) groups is 1. The largest absolute Gasteiger partial charge is 0.459 e. The molecule has 3 heterocycles. The van der Waals surface area contributed by atoms with Crippen LogP contribution in [0.5, 0.6) is 0 Å². The molecule has 16 nitrogen and oxygen atoms in total. The summed E-state index contributed by atoms with van der Waals surface area (Å²) in [6.07, 6.45) is -0.236. The maximum Gasteiger partial charge on any atom is 0.311 e. The smallest absolute Gasteiger partial charge is 0.311 e. The Bertz CT molecular complexity index is 1640. The number of rotatable bonds is 12. The maximum atomic E-state index is 14.6. The van der Waals surface area contributed by atoms with Gasteiger partial charge in [0, 0.05) is 56.7 Å². The highest BCUT2D eigenvalue weighted by molar-refractivity contribution is 7.80. The summed E-state index contributed by atoms with van der Waals surface area (Å²) in [5.41, 5.74) is -4.42. The molecule has 7 rings (SSSR count). The normalized spacial score (nSPS) is 48.7. The van der Waals surface area contributed by atoms with Crippen LogP contribution in [0.15, 0.2) is 0 Å². The Morgan fingerprint density at radius 2 is 1.50 bits per heavy atom. The second-order valence-corrected chi connectivity index (χ2v) is 24.1. The summed E-state index contributed by atoms with van der Waals surface area (Å²) in [6, 6.07) is -0.892. The van der Waals surface area contributed by atoms with Gasteiger partial charge >= 0.3 is 5.97 Å². The van der Waals surface area contributed by atoms with Crippen molar-refractivity contribution in [2.45, 2.75) is 236 Å². The van der Waals surface area contributed by atoms with Gasteiger partial charge in [0.25, 0.3) is 0 Å². The third-order valence-corrected chi connectivity index (χ3v) is 17.6. The molecule has 18 atom stereocenters. The highest BCUT2D eigenvalue weighted by Gasteiger charge is 2.54. The Kier molecular flexibility index (Phi) is 18.5. The minimum Gasteiger partial charge on any atom is -0.459 e. The van der Waals surface area contributed by atoms with Crippen molar-refractivity contribution >= 4 is 23.3 Å². The molecule has 0 spiro atoms. The van der Waals surface area contributed by atoms with E-state index in [1.807, 2.05) is 46.7 Å². The molecule has 17 heteroatoms. The summed E-state index contributed by atoms with van der Waals surface area (Å²) in [5.74, 6) is -0.314. The van der Waals surface area contributed by atoms with E-state index in [0.717, 1.165) is 17.8 Å². The van der Waals surface area contributed by atoms with Crippen molar-refractivity contribution in [3.8, 4) is 0 Å². The van der Waals surface area contributed by atoms with Crippen LogP contribution < -0.4 is 10.6 Å². The van der Waals surface area contributed by atoms with Gasteiger partial charge in [-0.25, -0.2) is 0 Å². The number of ether oxygens (including phenoxy) is 6. The van der Waals surface area contributed by atoms with Crippen molar-refractivity contribution < 1.29 is 58.7 Å². The maximum absolute atomic E-state index is 14.6. The number of likely N-dealkylation sites (N-methyl/N-ethyl adjacent to an activating group) is 1. The quantitative estimate of drug-likeness (QED) is 0.0836. The molecule has 68 heavy (non-hydrogen) atoms. The van der Waals surface area contributed by atoms with E-state index in [9.17, 15) is 30.3 Å². The second-order valence-electron chi connectivity index (χ2n) is 23.7. The van der Waals surface area contributed by atoms with E-state index in [1.165, 1.54) is 52.6 Å². The number of cyclic esters (lactones) is 1. The van der Waals surface area contributed by atoms with E-state index in [0.29, 0.717) is 37.6 Å². The fraction of sp³-hybridized carbons (Fsp3) is 0.961. The standard InChI is InChI=1S/C51H92N4O12S/c1-14-38-50(10,61)42(57)32(6)55(17-15-16-52-47(68)53-51-23-34-19-35(24-51)21-36(20-34)25-51)27-28(2)22-48(8,60)44(67-46-40(56)37(54(11)12)18-29(3)63-46)30(4)41(31(5)45(59)65-38)66-39-26-49(9,62-13)43(58)33(7)64-39/h28-44,46,56-58,60-61H,14-27H2,1-13H3,(H2,52,53,68)/t28-,29-,30+,31-,32-,33+,34?,35?,36?,37+,38-,39+,40-,41+,42-,43+,44-,46+,48-,49-,50-,51?/m1/s1. The summed E-state index contributed by atoms with van der Waals surface area (Å²) >= 11 is 5.90. The zero-order valence-corrected chi connectivity index (χ0v) is 44.5.